The number of ether oxygens (including phenoxy) is 1. The van der Waals surface area contributed by atoms with Crippen LogP contribution in [0.4, 0.5) is 5.13 Å². The van der Waals surface area contributed by atoms with Crippen LogP contribution in [0.25, 0.3) is 0 Å². The van der Waals surface area contributed by atoms with Gasteiger partial charge in [0.25, 0.3) is 5.91 Å². The maximum atomic E-state index is 12.9. The fourth-order valence-electron chi connectivity index (χ4n) is 3.76. The lowest BCUT2D eigenvalue weighted by Gasteiger charge is -2.22. The Hall–Kier alpha value is -2.53. The van der Waals surface area contributed by atoms with Crippen molar-refractivity contribution in [1.82, 2.24) is 20.1 Å². The SMILES string of the molecule is CCN(CC)CCCC(C)NC(=O)Cc1csc(NC(=O)CN(CCOC)C(=O)c2ccccc2Cl)n1. The van der Waals surface area contributed by atoms with Crippen molar-refractivity contribution in [3.63, 3.8) is 0 Å². The number of hydrogen-bond acceptors (Lipinski definition) is 7. The van der Waals surface area contributed by atoms with Crippen LogP contribution in [0, 0.1) is 0 Å². The van der Waals surface area contributed by atoms with Gasteiger partial charge in [0.2, 0.25) is 11.8 Å². The summed E-state index contributed by atoms with van der Waals surface area (Å²) in [4.78, 5) is 46.2. The van der Waals surface area contributed by atoms with Crippen LogP contribution in [-0.2, 0) is 20.7 Å². The molecule has 1 unspecified atom stereocenters. The summed E-state index contributed by atoms with van der Waals surface area (Å²) in [5.74, 6) is -0.862. The maximum absolute atomic E-state index is 12.9. The van der Waals surface area contributed by atoms with Crippen LogP contribution >= 0.6 is 22.9 Å². The number of carbonyl (C=O) groups is 3. The molecule has 37 heavy (non-hydrogen) atoms. The van der Waals surface area contributed by atoms with Crippen molar-refractivity contribution in [2.24, 2.45) is 0 Å². The molecule has 0 aliphatic rings. The minimum absolute atomic E-state index is 0.0783. The van der Waals surface area contributed by atoms with E-state index in [-0.39, 0.29) is 44.0 Å². The molecular weight excluding hydrogens is 514 g/mol. The molecule has 0 fully saturated rings. The largest absolute Gasteiger partial charge is 0.383 e. The number of hydrogen-bond donors (Lipinski definition) is 2. The number of halogens is 1. The van der Waals surface area contributed by atoms with Gasteiger partial charge in [-0.2, -0.15) is 0 Å². The maximum Gasteiger partial charge on any atom is 0.255 e. The molecule has 11 heteroatoms. The van der Waals surface area contributed by atoms with Crippen molar-refractivity contribution >= 4 is 45.8 Å². The van der Waals surface area contributed by atoms with Gasteiger partial charge >= 0.3 is 0 Å². The molecule has 2 aromatic rings. The molecule has 0 aliphatic heterocycles. The summed E-state index contributed by atoms with van der Waals surface area (Å²) < 4.78 is 5.09. The fraction of sp³-hybridized carbons (Fsp3) is 0.538. The highest BCUT2D eigenvalue weighted by molar-refractivity contribution is 7.13. The minimum Gasteiger partial charge on any atom is -0.383 e. The highest BCUT2D eigenvalue weighted by Crippen LogP contribution is 2.18. The van der Waals surface area contributed by atoms with Crippen LogP contribution in [0.2, 0.25) is 5.02 Å². The van der Waals surface area contributed by atoms with Gasteiger partial charge in [0, 0.05) is 25.1 Å². The van der Waals surface area contributed by atoms with Gasteiger partial charge in [0.15, 0.2) is 5.13 Å². The van der Waals surface area contributed by atoms with Crippen LogP contribution in [0.1, 0.15) is 49.7 Å². The molecule has 3 amide bonds. The molecule has 0 spiro atoms. The summed E-state index contributed by atoms with van der Waals surface area (Å²) in [7, 11) is 1.53. The van der Waals surface area contributed by atoms with Gasteiger partial charge in [0.1, 0.15) is 6.54 Å². The van der Waals surface area contributed by atoms with Gasteiger partial charge in [0.05, 0.1) is 29.3 Å². The van der Waals surface area contributed by atoms with Crippen LogP contribution in [0.5, 0.6) is 0 Å². The van der Waals surface area contributed by atoms with Crippen molar-refractivity contribution in [2.75, 3.05) is 51.8 Å². The van der Waals surface area contributed by atoms with E-state index in [0.717, 1.165) is 32.5 Å². The zero-order valence-corrected chi connectivity index (χ0v) is 23.7. The molecule has 1 aromatic heterocycles. The average molecular weight is 552 g/mol. The van der Waals surface area contributed by atoms with Crippen molar-refractivity contribution in [1.29, 1.82) is 0 Å². The lowest BCUT2D eigenvalue weighted by atomic mass is 10.1. The Kier molecular flexibility index (Phi) is 13.6. The second-order valence-corrected chi connectivity index (χ2v) is 9.97. The third-order valence-corrected chi connectivity index (χ3v) is 6.98. The summed E-state index contributed by atoms with van der Waals surface area (Å²) in [5.41, 5.74) is 0.898. The molecule has 0 bridgehead atoms. The number of thiazole rings is 1. The quantitative estimate of drug-likeness (QED) is 0.330. The molecule has 0 radical (unpaired) electrons. The number of anilines is 1. The molecular formula is C26H38ClN5O4S. The normalized spacial score (nSPS) is 11.8. The summed E-state index contributed by atoms with van der Waals surface area (Å²) in [6.45, 7) is 9.70. The van der Waals surface area contributed by atoms with Crippen LogP contribution in [0.15, 0.2) is 29.6 Å². The molecule has 0 saturated heterocycles. The Morgan fingerprint density at radius 2 is 1.86 bits per heavy atom. The van der Waals surface area contributed by atoms with Crippen molar-refractivity contribution in [3.05, 3.63) is 45.9 Å². The lowest BCUT2D eigenvalue weighted by molar-refractivity contribution is -0.121. The summed E-state index contributed by atoms with van der Waals surface area (Å²) in [6, 6.07) is 6.78. The van der Waals surface area contributed by atoms with Crippen molar-refractivity contribution < 1.29 is 19.1 Å². The first-order valence-corrected chi connectivity index (χ1v) is 13.8. The fourth-order valence-corrected chi connectivity index (χ4v) is 4.70. The third kappa shape index (κ3) is 10.8. The van der Waals surface area contributed by atoms with Crippen LogP contribution in [-0.4, -0.2) is 85.0 Å². The highest BCUT2D eigenvalue weighted by Gasteiger charge is 2.21. The summed E-state index contributed by atoms with van der Waals surface area (Å²) >= 11 is 7.40. The predicted molar refractivity (Wildman–Crippen MR) is 148 cm³/mol. The van der Waals surface area contributed by atoms with Gasteiger partial charge in [-0.05, 0) is 51.5 Å². The van der Waals surface area contributed by atoms with E-state index in [4.69, 9.17) is 16.3 Å². The minimum atomic E-state index is -0.399. The summed E-state index contributed by atoms with van der Waals surface area (Å²) in [5, 5.41) is 8.17. The van der Waals surface area contributed by atoms with Crippen molar-refractivity contribution in [3.8, 4) is 0 Å². The van der Waals surface area contributed by atoms with Gasteiger partial charge < -0.3 is 25.2 Å². The number of benzene rings is 1. The monoisotopic (exact) mass is 551 g/mol. The molecule has 1 aromatic carbocycles. The number of rotatable bonds is 16. The number of nitrogens with zero attached hydrogens (tertiary/aromatic N) is 3. The molecule has 1 heterocycles. The second-order valence-electron chi connectivity index (χ2n) is 8.71. The Bertz CT molecular complexity index is 1010. The van der Waals surface area contributed by atoms with Gasteiger partial charge in [-0.3, -0.25) is 14.4 Å². The number of nitrogens with one attached hydrogen (secondary N) is 2. The Balaban J connectivity index is 1.86. The predicted octanol–water partition coefficient (Wildman–Crippen LogP) is 3.69. The van der Waals surface area contributed by atoms with E-state index < -0.39 is 5.91 Å². The molecule has 1 atom stereocenters. The van der Waals surface area contributed by atoms with E-state index in [2.05, 4.69) is 34.4 Å². The van der Waals surface area contributed by atoms with Gasteiger partial charge in [-0.1, -0.05) is 37.6 Å². The smallest absolute Gasteiger partial charge is 0.255 e. The molecule has 0 saturated carbocycles. The van der Waals surface area contributed by atoms with Crippen molar-refractivity contribution in [2.45, 2.75) is 46.1 Å². The Morgan fingerprint density at radius 3 is 2.54 bits per heavy atom. The first-order chi connectivity index (χ1) is 17.8. The molecule has 204 valence electrons. The lowest BCUT2D eigenvalue weighted by Crippen LogP contribution is -2.40. The molecule has 2 rings (SSSR count). The highest BCUT2D eigenvalue weighted by atomic mass is 35.5. The van der Waals surface area contributed by atoms with E-state index in [1.807, 2.05) is 6.92 Å². The molecule has 0 aliphatic carbocycles. The number of methoxy groups -OCH3 is 1. The van der Waals surface area contributed by atoms with Crippen LogP contribution < -0.4 is 10.6 Å². The zero-order chi connectivity index (χ0) is 27.2. The van der Waals surface area contributed by atoms with E-state index in [1.54, 1.807) is 29.6 Å². The van der Waals surface area contributed by atoms with E-state index >= 15 is 0 Å². The Morgan fingerprint density at radius 1 is 1.14 bits per heavy atom. The van der Waals surface area contributed by atoms with Gasteiger partial charge in [-0.25, -0.2) is 4.98 Å². The first kappa shape index (κ1) is 30.7. The average Bonchev–Trinajstić information content (AvgIpc) is 3.30. The number of amides is 3. The third-order valence-electron chi connectivity index (χ3n) is 5.84. The second kappa shape index (κ2) is 16.3. The van der Waals surface area contributed by atoms with Gasteiger partial charge in [-0.15, -0.1) is 11.3 Å². The number of aromatic nitrogens is 1. The van der Waals surface area contributed by atoms with E-state index in [9.17, 15) is 14.4 Å². The molecule has 2 N–H and O–H groups in total. The van der Waals surface area contributed by atoms with Crippen LogP contribution in [0.3, 0.4) is 0 Å². The Labute approximate surface area is 228 Å². The molecule has 9 nitrogen and oxygen atoms in total. The summed E-state index contributed by atoms with van der Waals surface area (Å²) in [6.07, 6.45) is 2.07. The first-order valence-electron chi connectivity index (χ1n) is 12.6. The zero-order valence-electron chi connectivity index (χ0n) is 22.1. The standard InChI is InChI=1S/C26H38ClN5O4S/c1-5-31(6-2)13-9-10-19(3)28-23(33)16-20-18-37-26(29-20)30-24(34)17-32(14-15-36-4)25(35)21-11-7-8-12-22(21)27/h7-8,11-12,18-19H,5-6,9-10,13-17H2,1-4H3,(H,28,33)(H,29,30,34). The topological polar surface area (TPSA) is 104 Å². The number of carbonyl (C=O) groups excluding carboxylic acids is 3. The van der Waals surface area contributed by atoms with E-state index in [1.165, 1.54) is 23.3 Å². The van der Waals surface area contributed by atoms with E-state index in [0.29, 0.717) is 21.4 Å².